The lowest BCUT2D eigenvalue weighted by Crippen LogP contribution is -2.25. The van der Waals surface area contributed by atoms with Crippen molar-refractivity contribution in [3.63, 3.8) is 0 Å². The van der Waals surface area contributed by atoms with E-state index in [1.165, 1.54) is 6.92 Å². The van der Waals surface area contributed by atoms with Crippen LogP contribution in [-0.4, -0.2) is 45.2 Å². The van der Waals surface area contributed by atoms with Gasteiger partial charge >= 0.3 is 5.97 Å². The molecule has 0 saturated carbocycles. The average Bonchev–Trinajstić information content (AvgIpc) is 2.04. The zero-order valence-corrected chi connectivity index (χ0v) is 6.84. The smallest absolute Gasteiger partial charge is 0.327 e. The average molecular weight is 178 g/mol. The number of aliphatic hydroxyl groups is 3. The van der Waals surface area contributed by atoms with Gasteiger partial charge < -0.3 is 20.4 Å². The summed E-state index contributed by atoms with van der Waals surface area (Å²) in [4.78, 5) is 9.25. The van der Waals surface area contributed by atoms with Gasteiger partial charge in [-0.15, -0.1) is 0 Å². The molecule has 0 aliphatic carbocycles. The summed E-state index contributed by atoms with van der Waals surface area (Å²) in [6, 6.07) is 0. The largest absolute Gasteiger partial charge is 0.478 e. The predicted octanol–water partition coefficient (Wildman–Crippen LogP) is -1.02. The fourth-order valence-corrected chi connectivity index (χ4v) is 0.153. The number of carbonyl (C=O) groups is 1. The van der Waals surface area contributed by atoms with Crippen LogP contribution in [0.1, 0.15) is 6.92 Å². The summed E-state index contributed by atoms with van der Waals surface area (Å²) in [6.45, 7) is 4.00. The van der Waals surface area contributed by atoms with Gasteiger partial charge in [-0.05, 0) is 6.92 Å². The molecule has 0 rings (SSSR count). The fourth-order valence-electron chi connectivity index (χ4n) is 0.153. The molecule has 0 spiro atoms. The van der Waals surface area contributed by atoms with E-state index in [0.29, 0.717) is 0 Å². The topological polar surface area (TPSA) is 98.0 Å². The van der Waals surface area contributed by atoms with Gasteiger partial charge in [-0.1, -0.05) is 6.58 Å². The van der Waals surface area contributed by atoms with E-state index in [1.54, 1.807) is 0 Å². The van der Waals surface area contributed by atoms with E-state index in [1.807, 2.05) is 0 Å². The van der Waals surface area contributed by atoms with Crippen molar-refractivity contribution in [1.29, 1.82) is 0 Å². The molecule has 12 heavy (non-hydrogen) atoms. The summed E-state index contributed by atoms with van der Waals surface area (Å²) < 4.78 is 0. The highest BCUT2D eigenvalue weighted by Crippen LogP contribution is 1.87. The van der Waals surface area contributed by atoms with E-state index >= 15 is 0 Å². The lowest BCUT2D eigenvalue weighted by Gasteiger charge is -2.07. The minimum atomic E-state index is -0.986. The third-order valence-corrected chi connectivity index (χ3v) is 0.919. The lowest BCUT2D eigenvalue weighted by molar-refractivity contribution is -0.131. The summed E-state index contributed by atoms with van der Waals surface area (Å²) in [6.07, 6.45) is -0.981. The van der Waals surface area contributed by atoms with Crippen molar-refractivity contribution in [2.75, 3.05) is 6.61 Å². The number of aliphatic hydroxyl groups excluding tert-OH is 3. The van der Waals surface area contributed by atoms with Crippen molar-refractivity contribution in [3.8, 4) is 0 Å². The normalized spacial score (nSPS) is 13.7. The van der Waals surface area contributed by atoms with Crippen LogP contribution < -0.4 is 0 Å². The predicted molar refractivity (Wildman–Crippen MR) is 42.6 cm³/mol. The van der Waals surface area contributed by atoms with E-state index in [9.17, 15) is 4.79 Å². The first-order valence-electron chi connectivity index (χ1n) is 3.28. The van der Waals surface area contributed by atoms with Crippen LogP contribution in [0.3, 0.4) is 0 Å². The zero-order chi connectivity index (χ0) is 10.1. The zero-order valence-electron chi connectivity index (χ0n) is 6.84. The quantitative estimate of drug-likeness (QED) is 0.414. The maximum absolute atomic E-state index is 9.25. The number of carboxylic acid groups (broad SMARTS) is 1. The Morgan fingerprint density at radius 3 is 1.92 bits per heavy atom. The van der Waals surface area contributed by atoms with Gasteiger partial charge in [0.05, 0.1) is 12.7 Å². The van der Waals surface area contributed by atoms with E-state index in [-0.39, 0.29) is 6.61 Å². The Hall–Kier alpha value is -0.910. The van der Waals surface area contributed by atoms with Crippen LogP contribution in [0, 0.1) is 0 Å². The highest BCUT2D eigenvalue weighted by atomic mass is 16.4. The molecule has 0 aromatic rings. The Labute approximate surface area is 70.6 Å². The molecule has 5 heteroatoms. The van der Waals surface area contributed by atoms with Gasteiger partial charge in [-0.25, -0.2) is 4.79 Å². The molecule has 5 nitrogen and oxygen atoms in total. The van der Waals surface area contributed by atoms with Gasteiger partial charge in [0.15, 0.2) is 0 Å². The van der Waals surface area contributed by atoms with Gasteiger partial charge in [0.2, 0.25) is 0 Å². The molecule has 4 N–H and O–H groups in total. The molecule has 2 unspecified atom stereocenters. The van der Waals surface area contributed by atoms with Gasteiger partial charge in [0.25, 0.3) is 0 Å². The minimum absolute atomic E-state index is 0.377. The lowest BCUT2D eigenvalue weighted by atomic mass is 10.2. The summed E-state index contributed by atoms with van der Waals surface area (Å²) in [5.41, 5.74) is 0. The van der Waals surface area contributed by atoms with Crippen LogP contribution in [-0.2, 0) is 4.79 Å². The van der Waals surface area contributed by atoms with Crippen molar-refractivity contribution in [1.82, 2.24) is 0 Å². The van der Waals surface area contributed by atoms with E-state index in [0.717, 1.165) is 6.08 Å². The van der Waals surface area contributed by atoms with Crippen LogP contribution in [0.5, 0.6) is 0 Å². The third-order valence-electron chi connectivity index (χ3n) is 0.919. The molecule has 0 aliphatic rings. The highest BCUT2D eigenvalue weighted by Gasteiger charge is 2.06. The summed E-state index contributed by atoms with van der Waals surface area (Å²) in [5, 5.41) is 32.5. The number of carboxylic acids is 1. The molecule has 0 amide bonds. The number of aliphatic carboxylic acids is 1. The van der Waals surface area contributed by atoms with E-state index in [2.05, 4.69) is 6.58 Å². The molecule has 0 bridgehead atoms. The second kappa shape index (κ2) is 8.19. The molecule has 0 saturated heterocycles. The molecule has 0 aromatic heterocycles. The summed E-state index contributed by atoms with van der Waals surface area (Å²) in [5.74, 6) is -0.981. The third kappa shape index (κ3) is 11.8. The second-order valence-electron chi connectivity index (χ2n) is 2.03. The molecule has 0 aliphatic heterocycles. The summed E-state index contributed by atoms with van der Waals surface area (Å²) in [7, 11) is 0. The molecule has 0 aromatic carbocycles. The van der Waals surface area contributed by atoms with Crippen molar-refractivity contribution in [3.05, 3.63) is 12.7 Å². The summed E-state index contributed by atoms with van der Waals surface area (Å²) >= 11 is 0. The SMILES string of the molecule is C=CC(=O)O.CC(O)C(O)CO. The van der Waals surface area contributed by atoms with Crippen LogP contribution in [0.2, 0.25) is 0 Å². The maximum atomic E-state index is 9.25. The van der Waals surface area contributed by atoms with Gasteiger partial charge in [0, 0.05) is 6.08 Å². The van der Waals surface area contributed by atoms with Crippen LogP contribution >= 0.6 is 0 Å². The van der Waals surface area contributed by atoms with Gasteiger partial charge in [-0.3, -0.25) is 0 Å². The number of hydrogen-bond donors (Lipinski definition) is 4. The van der Waals surface area contributed by atoms with E-state index in [4.69, 9.17) is 20.4 Å². The molecular weight excluding hydrogens is 164 g/mol. The first-order valence-corrected chi connectivity index (χ1v) is 3.28. The van der Waals surface area contributed by atoms with Gasteiger partial charge in [-0.2, -0.15) is 0 Å². The maximum Gasteiger partial charge on any atom is 0.327 e. The van der Waals surface area contributed by atoms with Crippen LogP contribution in [0.15, 0.2) is 12.7 Å². The number of hydrogen-bond acceptors (Lipinski definition) is 4. The van der Waals surface area contributed by atoms with Crippen LogP contribution in [0.4, 0.5) is 0 Å². The van der Waals surface area contributed by atoms with Crippen molar-refractivity contribution >= 4 is 5.97 Å². The standard InChI is InChI=1S/C4H10O3.C3H4O2/c1-3(6)4(7)2-5;1-2-3(4)5/h3-7H,2H2,1H3;2H,1H2,(H,4,5). The fraction of sp³-hybridized carbons (Fsp3) is 0.571. The second-order valence-corrected chi connectivity index (χ2v) is 2.03. The van der Waals surface area contributed by atoms with Crippen molar-refractivity contribution in [2.24, 2.45) is 0 Å². The molecular formula is C7H14O5. The first kappa shape index (κ1) is 13.7. The van der Waals surface area contributed by atoms with E-state index < -0.39 is 18.2 Å². The molecule has 0 heterocycles. The van der Waals surface area contributed by atoms with Crippen molar-refractivity contribution in [2.45, 2.75) is 19.1 Å². The van der Waals surface area contributed by atoms with Gasteiger partial charge in [0.1, 0.15) is 6.10 Å². The number of rotatable bonds is 3. The molecule has 0 radical (unpaired) electrons. The molecule has 72 valence electrons. The Morgan fingerprint density at radius 1 is 1.58 bits per heavy atom. The Balaban J connectivity index is 0. The monoisotopic (exact) mass is 178 g/mol. The molecule has 2 atom stereocenters. The Morgan fingerprint density at radius 2 is 1.92 bits per heavy atom. The Bertz CT molecular complexity index is 132. The first-order chi connectivity index (χ1) is 5.45. The minimum Gasteiger partial charge on any atom is -0.478 e. The molecule has 0 fully saturated rings. The van der Waals surface area contributed by atoms with Crippen molar-refractivity contribution < 1.29 is 25.2 Å². The van der Waals surface area contributed by atoms with Crippen LogP contribution in [0.25, 0.3) is 0 Å². The highest BCUT2D eigenvalue weighted by molar-refractivity contribution is 5.78. The Kier molecular flexibility index (Phi) is 9.32.